The van der Waals surface area contributed by atoms with Gasteiger partial charge in [0.15, 0.2) is 5.78 Å². The van der Waals surface area contributed by atoms with E-state index < -0.39 is 6.04 Å². The predicted molar refractivity (Wildman–Crippen MR) is 110 cm³/mol. The fourth-order valence-corrected chi connectivity index (χ4v) is 3.24. The highest BCUT2D eigenvalue weighted by Gasteiger charge is 2.24. The highest BCUT2D eigenvalue weighted by Crippen LogP contribution is 2.27. The van der Waals surface area contributed by atoms with Crippen LogP contribution in [-0.4, -0.2) is 10.8 Å². The number of nitrogens with one attached hydrogen (secondary N) is 2. The third-order valence-corrected chi connectivity index (χ3v) is 4.59. The van der Waals surface area contributed by atoms with Crippen molar-refractivity contribution in [1.82, 2.24) is 4.98 Å². The molecule has 0 bridgehead atoms. The molecule has 4 aromatic rings. The number of benzene rings is 3. The predicted octanol–water partition coefficient (Wildman–Crippen LogP) is 5.19. The molecule has 1 aromatic heterocycles. The second kappa shape index (κ2) is 7.23. The Morgan fingerprint density at radius 3 is 2.56 bits per heavy atom. The van der Waals surface area contributed by atoms with E-state index in [1.807, 2.05) is 78.9 Å². The van der Waals surface area contributed by atoms with E-state index in [0.717, 1.165) is 27.7 Å². The van der Waals surface area contributed by atoms with Gasteiger partial charge < -0.3 is 10.3 Å². The highest BCUT2D eigenvalue weighted by molar-refractivity contribution is 6.11. The molecule has 2 N–H and O–H groups in total. The molecular formula is C24H18N2O. The Kier molecular flexibility index (Phi) is 4.47. The average molecular weight is 350 g/mol. The topological polar surface area (TPSA) is 44.9 Å². The normalized spacial score (nSPS) is 11.7. The molecule has 1 heterocycles. The Bertz CT molecular complexity index is 1140. The van der Waals surface area contributed by atoms with Gasteiger partial charge in [-0.3, -0.25) is 4.79 Å². The van der Waals surface area contributed by atoms with E-state index in [0.29, 0.717) is 5.56 Å². The number of ketones is 1. The molecule has 4 rings (SSSR count). The van der Waals surface area contributed by atoms with Crippen molar-refractivity contribution in [2.24, 2.45) is 0 Å². The van der Waals surface area contributed by atoms with E-state index >= 15 is 0 Å². The second-order valence-electron chi connectivity index (χ2n) is 6.33. The molecule has 0 saturated carbocycles. The van der Waals surface area contributed by atoms with Crippen LogP contribution in [0.5, 0.6) is 0 Å². The van der Waals surface area contributed by atoms with Crippen LogP contribution in [0, 0.1) is 12.3 Å². The summed E-state index contributed by atoms with van der Waals surface area (Å²) in [5.74, 6) is 2.64. The number of carbonyl (C=O) groups excluding carboxylic acids is 1. The Hall–Kier alpha value is -3.77. The number of terminal acetylenes is 1. The summed E-state index contributed by atoms with van der Waals surface area (Å²) in [5, 5.41) is 4.28. The third-order valence-electron chi connectivity index (χ3n) is 4.59. The minimum absolute atomic E-state index is 0.00441. The number of fused-ring (bicyclic) bond motifs is 1. The number of hydrogen-bond donors (Lipinski definition) is 2. The van der Waals surface area contributed by atoms with Crippen molar-refractivity contribution in [3.8, 4) is 12.3 Å². The number of aromatic amines is 1. The van der Waals surface area contributed by atoms with E-state index in [1.54, 1.807) is 6.20 Å². The molecule has 3 heteroatoms. The molecule has 0 saturated heterocycles. The van der Waals surface area contributed by atoms with Crippen LogP contribution in [0.15, 0.2) is 85.1 Å². The van der Waals surface area contributed by atoms with Gasteiger partial charge in [0, 0.05) is 33.9 Å². The molecule has 1 unspecified atom stereocenters. The van der Waals surface area contributed by atoms with Crippen molar-refractivity contribution in [3.05, 3.63) is 102 Å². The van der Waals surface area contributed by atoms with Gasteiger partial charge in [-0.2, -0.15) is 0 Å². The smallest absolute Gasteiger partial charge is 0.191 e. The standard InChI is InChI=1S/C24H18N2O/c1-2-17-9-8-12-19(15-17)26-23(18-10-4-3-5-11-18)24(27)21-16-25-22-14-7-6-13-20(21)22/h1,3-16,23,25-26H. The molecule has 0 amide bonds. The number of H-pyrrole nitrogens is 1. The van der Waals surface area contributed by atoms with Crippen molar-refractivity contribution in [3.63, 3.8) is 0 Å². The van der Waals surface area contributed by atoms with Gasteiger partial charge in [0.05, 0.1) is 0 Å². The summed E-state index contributed by atoms with van der Waals surface area (Å²) in [5.41, 5.74) is 4.10. The molecule has 3 nitrogen and oxygen atoms in total. The molecule has 130 valence electrons. The van der Waals surface area contributed by atoms with Crippen molar-refractivity contribution in [1.29, 1.82) is 0 Å². The fraction of sp³-hybridized carbons (Fsp3) is 0.0417. The first-order chi connectivity index (χ1) is 13.3. The fourth-order valence-electron chi connectivity index (χ4n) is 3.24. The first kappa shape index (κ1) is 16.7. The van der Waals surface area contributed by atoms with Crippen LogP contribution in [0.1, 0.15) is 27.5 Å². The lowest BCUT2D eigenvalue weighted by molar-refractivity contribution is 0.0971. The van der Waals surface area contributed by atoms with Crippen LogP contribution >= 0.6 is 0 Å². The summed E-state index contributed by atoms with van der Waals surface area (Å²) in [7, 11) is 0. The van der Waals surface area contributed by atoms with E-state index in [9.17, 15) is 4.79 Å². The lowest BCUT2D eigenvalue weighted by Gasteiger charge is -2.19. The lowest BCUT2D eigenvalue weighted by atomic mass is 9.96. The van der Waals surface area contributed by atoms with Crippen LogP contribution in [0.25, 0.3) is 10.9 Å². The molecule has 1 atom stereocenters. The SMILES string of the molecule is C#Cc1cccc(NC(C(=O)c2c[nH]c3ccccc23)c2ccccc2)c1. The zero-order valence-electron chi connectivity index (χ0n) is 14.6. The molecule has 0 radical (unpaired) electrons. The largest absolute Gasteiger partial charge is 0.371 e. The Balaban J connectivity index is 1.76. The zero-order chi connectivity index (χ0) is 18.6. The van der Waals surface area contributed by atoms with Crippen LogP contribution in [-0.2, 0) is 0 Å². The minimum atomic E-state index is -0.515. The summed E-state index contributed by atoms with van der Waals surface area (Å²) in [4.78, 5) is 16.6. The molecule has 3 aromatic carbocycles. The lowest BCUT2D eigenvalue weighted by Crippen LogP contribution is -2.21. The molecule has 0 spiro atoms. The van der Waals surface area contributed by atoms with Crippen molar-refractivity contribution >= 4 is 22.4 Å². The van der Waals surface area contributed by atoms with Gasteiger partial charge in [-0.25, -0.2) is 0 Å². The molecular weight excluding hydrogens is 332 g/mol. The number of rotatable bonds is 5. The first-order valence-corrected chi connectivity index (χ1v) is 8.75. The Morgan fingerprint density at radius 2 is 1.74 bits per heavy atom. The van der Waals surface area contributed by atoms with Gasteiger partial charge in [-0.1, -0.05) is 60.5 Å². The van der Waals surface area contributed by atoms with E-state index in [4.69, 9.17) is 6.42 Å². The third kappa shape index (κ3) is 3.33. The molecule has 27 heavy (non-hydrogen) atoms. The highest BCUT2D eigenvalue weighted by atomic mass is 16.1. The first-order valence-electron chi connectivity index (χ1n) is 8.75. The van der Waals surface area contributed by atoms with E-state index in [1.165, 1.54) is 0 Å². The Labute approximate surface area is 158 Å². The van der Waals surface area contributed by atoms with Crippen LogP contribution in [0.4, 0.5) is 5.69 Å². The zero-order valence-corrected chi connectivity index (χ0v) is 14.6. The van der Waals surface area contributed by atoms with Crippen LogP contribution in [0.3, 0.4) is 0 Å². The van der Waals surface area contributed by atoms with Crippen molar-refractivity contribution in [2.45, 2.75) is 6.04 Å². The second-order valence-corrected chi connectivity index (χ2v) is 6.33. The van der Waals surface area contributed by atoms with Gasteiger partial charge in [0.25, 0.3) is 0 Å². The number of anilines is 1. The molecule has 0 aliphatic rings. The van der Waals surface area contributed by atoms with Gasteiger partial charge in [-0.05, 0) is 29.8 Å². The van der Waals surface area contributed by atoms with Crippen LogP contribution in [0.2, 0.25) is 0 Å². The van der Waals surface area contributed by atoms with Crippen molar-refractivity contribution < 1.29 is 4.79 Å². The summed E-state index contributed by atoms with van der Waals surface area (Å²) < 4.78 is 0. The van der Waals surface area contributed by atoms with E-state index in [-0.39, 0.29) is 5.78 Å². The van der Waals surface area contributed by atoms with Gasteiger partial charge in [0.2, 0.25) is 0 Å². The molecule has 0 fully saturated rings. The van der Waals surface area contributed by atoms with E-state index in [2.05, 4.69) is 16.2 Å². The summed E-state index contributed by atoms with van der Waals surface area (Å²) >= 11 is 0. The maximum atomic E-state index is 13.5. The van der Waals surface area contributed by atoms with Gasteiger partial charge in [0.1, 0.15) is 6.04 Å². The number of Topliss-reactive ketones (excluding diaryl/α,β-unsaturated/α-hetero) is 1. The van der Waals surface area contributed by atoms with Crippen LogP contribution < -0.4 is 5.32 Å². The average Bonchev–Trinajstić information content (AvgIpc) is 3.16. The maximum absolute atomic E-state index is 13.5. The summed E-state index contributed by atoms with van der Waals surface area (Å²) in [6, 6.07) is 24.6. The number of hydrogen-bond acceptors (Lipinski definition) is 2. The molecule has 0 aliphatic heterocycles. The molecule has 0 aliphatic carbocycles. The van der Waals surface area contributed by atoms with Crippen molar-refractivity contribution in [2.75, 3.05) is 5.32 Å². The quantitative estimate of drug-likeness (QED) is 0.384. The number of para-hydroxylation sites is 1. The summed E-state index contributed by atoms with van der Waals surface area (Å²) in [6.45, 7) is 0. The minimum Gasteiger partial charge on any atom is -0.371 e. The Morgan fingerprint density at radius 1 is 0.963 bits per heavy atom. The number of aromatic nitrogens is 1. The summed E-state index contributed by atoms with van der Waals surface area (Å²) in [6.07, 6.45) is 7.29. The van der Waals surface area contributed by atoms with Gasteiger partial charge >= 0.3 is 0 Å². The monoisotopic (exact) mass is 350 g/mol. The maximum Gasteiger partial charge on any atom is 0.191 e. The number of carbonyl (C=O) groups is 1. The van der Waals surface area contributed by atoms with Gasteiger partial charge in [-0.15, -0.1) is 6.42 Å².